The van der Waals surface area contributed by atoms with Gasteiger partial charge in [-0.3, -0.25) is 4.79 Å². The van der Waals surface area contributed by atoms with Crippen molar-refractivity contribution in [2.24, 2.45) is 7.05 Å². The first-order valence-electron chi connectivity index (χ1n) is 8.21. The zero-order valence-corrected chi connectivity index (χ0v) is 17.4. The number of halogens is 2. The molecule has 2 N–H and O–H groups in total. The molecular formula is C17H22Cl2N4O3S. The molecule has 7 nitrogen and oxygen atoms in total. The molecule has 1 unspecified atom stereocenters. The van der Waals surface area contributed by atoms with Crippen LogP contribution in [0.4, 0.5) is 0 Å². The highest BCUT2D eigenvalue weighted by molar-refractivity contribution is 7.89. The highest BCUT2D eigenvalue weighted by atomic mass is 35.5. The summed E-state index contributed by atoms with van der Waals surface area (Å²) in [7, 11) is -0.633. The van der Waals surface area contributed by atoms with Gasteiger partial charge in [0.2, 0.25) is 10.0 Å². The molecule has 0 saturated carbocycles. The van der Waals surface area contributed by atoms with E-state index in [1.807, 2.05) is 18.2 Å². The Labute approximate surface area is 170 Å². The van der Waals surface area contributed by atoms with Crippen LogP contribution in [0.15, 0.2) is 41.4 Å². The number of hydrogen-bond acceptors (Lipinski definition) is 4. The van der Waals surface area contributed by atoms with E-state index < -0.39 is 16.1 Å². The third-order valence-corrected chi connectivity index (χ3v) is 6.72. The molecule has 27 heavy (non-hydrogen) atoms. The fourth-order valence-electron chi connectivity index (χ4n) is 3.15. The highest BCUT2D eigenvalue weighted by Gasteiger charge is 2.36. The summed E-state index contributed by atoms with van der Waals surface area (Å²) < 4.78 is 29.5. The number of hydrogen-bond donors (Lipinski definition) is 2. The summed E-state index contributed by atoms with van der Waals surface area (Å²) in [4.78, 5) is 12.0. The molecule has 0 aliphatic carbocycles. The summed E-state index contributed by atoms with van der Waals surface area (Å²) in [5, 5.41) is 6.27. The van der Waals surface area contributed by atoms with E-state index in [0.717, 1.165) is 5.56 Å². The quantitative estimate of drug-likeness (QED) is 0.771. The second-order valence-electron chi connectivity index (χ2n) is 6.11. The lowest BCUT2D eigenvalue weighted by Gasteiger charge is -2.35. The molecule has 1 aliphatic heterocycles. The first-order chi connectivity index (χ1) is 12.4. The van der Waals surface area contributed by atoms with Crippen LogP contribution in [0.5, 0.6) is 0 Å². The standard InChI is InChI=1S/C17H21ClN4O3S.ClH/c1-19-17(23)15-9-12(11-21(15)2)26(24,25)22-8-7-20-10-16(22)13-5-3-4-6-14(13)18;/h3-6,9,11,16,20H,7-8,10H2,1-2H3,(H,19,23);1H. The van der Waals surface area contributed by atoms with Crippen molar-refractivity contribution in [3.63, 3.8) is 0 Å². The second kappa shape index (κ2) is 8.62. The molecule has 0 radical (unpaired) electrons. The molecule has 1 aromatic carbocycles. The fraction of sp³-hybridized carbons (Fsp3) is 0.353. The number of nitrogens with one attached hydrogen (secondary N) is 2. The van der Waals surface area contributed by atoms with Gasteiger partial charge < -0.3 is 15.2 Å². The number of carbonyl (C=O) groups is 1. The monoisotopic (exact) mass is 432 g/mol. The van der Waals surface area contributed by atoms with Crippen molar-refractivity contribution < 1.29 is 13.2 Å². The molecular weight excluding hydrogens is 411 g/mol. The smallest absolute Gasteiger partial charge is 0.267 e. The van der Waals surface area contributed by atoms with Crippen LogP contribution in [0, 0.1) is 0 Å². The zero-order valence-electron chi connectivity index (χ0n) is 15.0. The predicted octanol–water partition coefficient (Wildman–Crippen LogP) is 1.80. The first-order valence-corrected chi connectivity index (χ1v) is 10.0. The minimum Gasteiger partial charge on any atom is -0.354 e. The average molecular weight is 433 g/mol. The maximum absolute atomic E-state index is 13.3. The van der Waals surface area contributed by atoms with E-state index in [4.69, 9.17) is 11.6 Å². The lowest BCUT2D eigenvalue weighted by Crippen LogP contribution is -2.48. The molecule has 1 aromatic heterocycles. The molecule has 1 amide bonds. The van der Waals surface area contributed by atoms with Crippen LogP contribution in [0.1, 0.15) is 22.1 Å². The lowest BCUT2D eigenvalue weighted by molar-refractivity contribution is 0.0955. The summed E-state index contributed by atoms with van der Waals surface area (Å²) in [6, 6.07) is 8.23. The van der Waals surface area contributed by atoms with Gasteiger partial charge in [0, 0.05) is 44.9 Å². The Bertz CT molecular complexity index is 930. The van der Waals surface area contributed by atoms with Crippen LogP contribution < -0.4 is 10.6 Å². The minimum absolute atomic E-state index is 0. The van der Waals surface area contributed by atoms with Crippen molar-refractivity contribution >= 4 is 39.9 Å². The summed E-state index contributed by atoms with van der Waals surface area (Å²) in [5.41, 5.74) is 1.04. The molecule has 10 heteroatoms. The Balaban J connectivity index is 0.00000261. The van der Waals surface area contributed by atoms with Gasteiger partial charge in [0.05, 0.1) is 6.04 Å². The Hall–Kier alpha value is -1.58. The van der Waals surface area contributed by atoms with Gasteiger partial charge in [-0.05, 0) is 17.7 Å². The molecule has 0 bridgehead atoms. The van der Waals surface area contributed by atoms with E-state index in [2.05, 4.69) is 10.6 Å². The van der Waals surface area contributed by atoms with Crippen molar-refractivity contribution in [1.82, 2.24) is 19.5 Å². The van der Waals surface area contributed by atoms with Crippen molar-refractivity contribution in [2.75, 3.05) is 26.7 Å². The van der Waals surface area contributed by atoms with Crippen LogP contribution >= 0.6 is 24.0 Å². The number of benzene rings is 1. The lowest BCUT2D eigenvalue weighted by atomic mass is 10.1. The van der Waals surface area contributed by atoms with E-state index in [-0.39, 0.29) is 28.9 Å². The molecule has 148 valence electrons. The van der Waals surface area contributed by atoms with Gasteiger partial charge in [0.1, 0.15) is 10.6 Å². The molecule has 2 heterocycles. The van der Waals surface area contributed by atoms with Crippen molar-refractivity contribution in [2.45, 2.75) is 10.9 Å². The van der Waals surface area contributed by atoms with E-state index in [0.29, 0.717) is 24.7 Å². The predicted molar refractivity (Wildman–Crippen MR) is 107 cm³/mol. The first kappa shape index (κ1) is 21.7. The number of amides is 1. The summed E-state index contributed by atoms with van der Waals surface area (Å²) in [6.45, 7) is 1.34. The summed E-state index contributed by atoms with van der Waals surface area (Å²) in [6.07, 6.45) is 1.46. The van der Waals surface area contributed by atoms with Crippen molar-refractivity contribution in [1.29, 1.82) is 0 Å². The van der Waals surface area contributed by atoms with Gasteiger partial charge in [0.25, 0.3) is 5.91 Å². The van der Waals surface area contributed by atoms with Gasteiger partial charge >= 0.3 is 0 Å². The SMILES string of the molecule is CNC(=O)c1cc(S(=O)(=O)N2CCNCC2c2ccccc2Cl)cn1C.Cl. The summed E-state index contributed by atoms with van der Waals surface area (Å²) in [5.74, 6) is -0.336. The molecule has 2 aromatic rings. The fourth-order valence-corrected chi connectivity index (χ4v) is 5.09. The van der Waals surface area contributed by atoms with Crippen LogP contribution in [0.2, 0.25) is 5.02 Å². The Morgan fingerprint density at radius 2 is 2.04 bits per heavy atom. The van der Waals surface area contributed by atoms with E-state index >= 15 is 0 Å². The molecule has 1 atom stereocenters. The number of aromatic nitrogens is 1. The van der Waals surface area contributed by atoms with Gasteiger partial charge in [-0.2, -0.15) is 4.31 Å². The third-order valence-electron chi connectivity index (χ3n) is 4.50. The van der Waals surface area contributed by atoms with Crippen LogP contribution in [-0.4, -0.2) is 49.9 Å². The van der Waals surface area contributed by atoms with Gasteiger partial charge in [-0.25, -0.2) is 8.42 Å². The number of piperazine rings is 1. The van der Waals surface area contributed by atoms with E-state index in [9.17, 15) is 13.2 Å². The van der Waals surface area contributed by atoms with Crippen molar-refractivity contribution in [3.05, 3.63) is 52.8 Å². The van der Waals surface area contributed by atoms with E-state index in [1.54, 1.807) is 13.1 Å². The third kappa shape index (κ3) is 4.14. The number of sulfonamides is 1. The minimum atomic E-state index is -3.79. The maximum atomic E-state index is 13.3. The Morgan fingerprint density at radius 3 is 2.70 bits per heavy atom. The zero-order chi connectivity index (χ0) is 18.9. The molecule has 0 spiro atoms. The topological polar surface area (TPSA) is 83.4 Å². The Morgan fingerprint density at radius 1 is 1.33 bits per heavy atom. The molecule has 1 saturated heterocycles. The highest BCUT2D eigenvalue weighted by Crippen LogP contribution is 2.33. The number of rotatable bonds is 4. The van der Waals surface area contributed by atoms with Gasteiger partial charge in [0.15, 0.2) is 0 Å². The molecule has 1 fully saturated rings. The number of carbonyl (C=O) groups excluding carboxylic acids is 1. The summed E-state index contributed by atoms with van der Waals surface area (Å²) >= 11 is 6.30. The number of aryl methyl sites for hydroxylation is 1. The van der Waals surface area contributed by atoms with Gasteiger partial charge in [-0.1, -0.05) is 29.8 Å². The Kier molecular flexibility index (Phi) is 6.93. The van der Waals surface area contributed by atoms with Gasteiger partial charge in [-0.15, -0.1) is 12.4 Å². The van der Waals surface area contributed by atoms with Crippen LogP contribution in [0.3, 0.4) is 0 Å². The maximum Gasteiger partial charge on any atom is 0.267 e. The second-order valence-corrected chi connectivity index (χ2v) is 8.41. The normalized spacial score (nSPS) is 18.0. The van der Waals surface area contributed by atoms with Crippen molar-refractivity contribution in [3.8, 4) is 0 Å². The van der Waals surface area contributed by atoms with E-state index in [1.165, 1.54) is 28.2 Å². The molecule has 3 rings (SSSR count). The number of nitrogens with zero attached hydrogens (tertiary/aromatic N) is 2. The van der Waals surface area contributed by atoms with Crippen LogP contribution in [0.25, 0.3) is 0 Å². The largest absolute Gasteiger partial charge is 0.354 e. The average Bonchev–Trinajstić information content (AvgIpc) is 3.04. The molecule has 1 aliphatic rings. The van der Waals surface area contributed by atoms with Crippen LogP contribution in [-0.2, 0) is 17.1 Å².